The lowest BCUT2D eigenvalue weighted by Gasteiger charge is -2.32. The third-order valence-electron chi connectivity index (χ3n) is 4.63. The Morgan fingerprint density at radius 1 is 1.27 bits per heavy atom. The van der Waals surface area contributed by atoms with Crippen LogP contribution in [-0.2, 0) is 10.3 Å². The Bertz CT molecular complexity index is 614. The van der Waals surface area contributed by atoms with E-state index in [0.717, 1.165) is 35.6 Å². The van der Waals surface area contributed by atoms with Gasteiger partial charge in [0.15, 0.2) is 0 Å². The van der Waals surface area contributed by atoms with E-state index in [9.17, 15) is 0 Å². The Morgan fingerprint density at radius 3 is 2.68 bits per heavy atom. The number of hydrogen-bond acceptors (Lipinski definition) is 3. The van der Waals surface area contributed by atoms with Crippen LogP contribution in [0.2, 0.25) is 0 Å². The van der Waals surface area contributed by atoms with Crippen molar-refractivity contribution in [2.24, 2.45) is 0 Å². The summed E-state index contributed by atoms with van der Waals surface area (Å²) in [5.41, 5.74) is 9.45. The van der Waals surface area contributed by atoms with Gasteiger partial charge in [0.25, 0.3) is 0 Å². The molecule has 0 radical (unpaired) electrons. The van der Waals surface area contributed by atoms with Crippen LogP contribution in [0.25, 0.3) is 5.70 Å². The van der Waals surface area contributed by atoms with Crippen molar-refractivity contribution in [2.45, 2.75) is 24.9 Å². The minimum absolute atomic E-state index is 0.586. The van der Waals surface area contributed by atoms with Crippen molar-refractivity contribution >= 4 is 11.4 Å². The van der Waals surface area contributed by atoms with Crippen LogP contribution < -0.4 is 5.73 Å². The molecule has 0 bridgehead atoms. The van der Waals surface area contributed by atoms with Gasteiger partial charge in [0.2, 0.25) is 0 Å². The molecule has 1 unspecified atom stereocenters. The zero-order valence-electron chi connectivity index (χ0n) is 13.1. The van der Waals surface area contributed by atoms with Crippen molar-refractivity contribution in [2.75, 3.05) is 25.4 Å². The van der Waals surface area contributed by atoms with Gasteiger partial charge in [0, 0.05) is 30.0 Å². The average molecular weight is 296 g/mol. The standard InChI is InChI=1S/C19H24N2O/c1-3-19(10-7-13-22-19)17-14-16(8-9-18(17)20)15(2)21-11-5-4-6-12-21/h3,7-10,14H,1-2,4-6,11-13,20H2. The zero-order chi connectivity index (χ0) is 15.6. The van der Waals surface area contributed by atoms with E-state index in [1.807, 2.05) is 30.4 Å². The number of ether oxygens (including phenoxy) is 1. The summed E-state index contributed by atoms with van der Waals surface area (Å²) < 4.78 is 5.88. The first-order chi connectivity index (χ1) is 10.7. The van der Waals surface area contributed by atoms with Crippen molar-refractivity contribution in [3.63, 3.8) is 0 Å². The molecular formula is C19H24N2O. The fourth-order valence-electron chi connectivity index (χ4n) is 3.28. The van der Waals surface area contributed by atoms with Gasteiger partial charge in [-0.25, -0.2) is 0 Å². The molecule has 116 valence electrons. The van der Waals surface area contributed by atoms with Gasteiger partial charge < -0.3 is 15.4 Å². The Hall–Kier alpha value is -2.00. The molecule has 3 nitrogen and oxygen atoms in total. The topological polar surface area (TPSA) is 38.5 Å². The average Bonchev–Trinajstić information content (AvgIpc) is 3.05. The van der Waals surface area contributed by atoms with Crippen LogP contribution in [0.1, 0.15) is 30.4 Å². The van der Waals surface area contributed by atoms with Crippen molar-refractivity contribution < 1.29 is 4.74 Å². The maximum atomic E-state index is 6.20. The third-order valence-corrected chi connectivity index (χ3v) is 4.63. The number of benzene rings is 1. The highest BCUT2D eigenvalue weighted by Gasteiger charge is 2.32. The van der Waals surface area contributed by atoms with Crippen LogP contribution in [0.4, 0.5) is 5.69 Å². The summed E-state index contributed by atoms with van der Waals surface area (Å²) in [5.74, 6) is 0. The number of nitrogen functional groups attached to an aromatic ring is 1. The first-order valence-electron chi connectivity index (χ1n) is 7.96. The molecule has 0 saturated carbocycles. The lowest BCUT2D eigenvalue weighted by Crippen LogP contribution is -2.28. The van der Waals surface area contributed by atoms with Gasteiger partial charge in [0.1, 0.15) is 5.60 Å². The van der Waals surface area contributed by atoms with Gasteiger partial charge in [-0.05, 0) is 43.0 Å². The second-order valence-electron chi connectivity index (χ2n) is 6.01. The van der Waals surface area contributed by atoms with Crippen molar-refractivity contribution in [3.8, 4) is 0 Å². The minimum atomic E-state index is -0.609. The summed E-state index contributed by atoms with van der Waals surface area (Å²) in [6, 6.07) is 6.09. The summed E-state index contributed by atoms with van der Waals surface area (Å²) in [6.45, 7) is 11.0. The highest BCUT2D eigenvalue weighted by molar-refractivity contribution is 5.67. The molecule has 1 fully saturated rings. The number of nitrogens with zero attached hydrogens (tertiary/aromatic N) is 1. The Labute approximate surface area is 132 Å². The fraction of sp³-hybridized carbons (Fsp3) is 0.368. The van der Waals surface area contributed by atoms with Gasteiger partial charge in [-0.1, -0.05) is 31.4 Å². The largest absolute Gasteiger partial charge is 0.398 e. The molecule has 3 rings (SSSR count). The third kappa shape index (κ3) is 2.57. The van der Waals surface area contributed by atoms with Gasteiger partial charge in [0.05, 0.1) is 6.61 Å². The number of rotatable bonds is 4. The number of hydrogen-bond donors (Lipinski definition) is 1. The van der Waals surface area contributed by atoms with Crippen LogP contribution in [0.5, 0.6) is 0 Å². The molecule has 1 atom stereocenters. The van der Waals surface area contributed by atoms with Crippen LogP contribution in [0.3, 0.4) is 0 Å². The zero-order valence-corrected chi connectivity index (χ0v) is 13.1. The lowest BCUT2D eigenvalue weighted by atomic mass is 9.90. The predicted molar refractivity (Wildman–Crippen MR) is 92.3 cm³/mol. The number of likely N-dealkylation sites (tertiary alicyclic amines) is 1. The molecule has 0 amide bonds. The molecule has 2 heterocycles. The smallest absolute Gasteiger partial charge is 0.132 e. The fourth-order valence-corrected chi connectivity index (χ4v) is 3.28. The molecule has 1 aromatic rings. The molecule has 1 aromatic carbocycles. The summed E-state index contributed by atoms with van der Waals surface area (Å²) in [5, 5.41) is 0. The van der Waals surface area contributed by atoms with Gasteiger partial charge >= 0.3 is 0 Å². The maximum absolute atomic E-state index is 6.20. The highest BCUT2D eigenvalue weighted by atomic mass is 16.5. The molecule has 0 aliphatic carbocycles. The van der Waals surface area contributed by atoms with E-state index in [1.165, 1.54) is 19.3 Å². The minimum Gasteiger partial charge on any atom is -0.398 e. The second-order valence-corrected chi connectivity index (χ2v) is 6.01. The van der Waals surface area contributed by atoms with Gasteiger partial charge in [-0.3, -0.25) is 0 Å². The van der Waals surface area contributed by atoms with E-state index in [1.54, 1.807) is 0 Å². The molecule has 22 heavy (non-hydrogen) atoms. The van der Waals surface area contributed by atoms with E-state index >= 15 is 0 Å². The van der Waals surface area contributed by atoms with E-state index in [0.29, 0.717) is 6.61 Å². The van der Waals surface area contributed by atoms with Crippen molar-refractivity contribution in [1.82, 2.24) is 4.90 Å². The Morgan fingerprint density at radius 2 is 2.05 bits per heavy atom. The van der Waals surface area contributed by atoms with Crippen LogP contribution in [0, 0.1) is 0 Å². The van der Waals surface area contributed by atoms with Crippen molar-refractivity contribution in [3.05, 3.63) is 60.7 Å². The van der Waals surface area contributed by atoms with Gasteiger partial charge in [-0.2, -0.15) is 0 Å². The van der Waals surface area contributed by atoms with Crippen LogP contribution >= 0.6 is 0 Å². The number of nitrogens with two attached hydrogens (primary N) is 1. The molecular weight excluding hydrogens is 272 g/mol. The quantitative estimate of drug-likeness (QED) is 0.680. The Kier molecular flexibility index (Phi) is 4.08. The summed E-state index contributed by atoms with van der Waals surface area (Å²) in [6.07, 6.45) is 9.64. The van der Waals surface area contributed by atoms with Crippen molar-refractivity contribution in [1.29, 1.82) is 0 Å². The van der Waals surface area contributed by atoms with E-state index in [4.69, 9.17) is 10.5 Å². The SMILES string of the molecule is C=CC1(c2cc(C(=C)N3CCCCC3)ccc2N)C=CCO1. The summed E-state index contributed by atoms with van der Waals surface area (Å²) >= 11 is 0. The highest BCUT2D eigenvalue weighted by Crippen LogP contribution is 2.37. The lowest BCUT2D eigenvalue weighted by molar-refractivity contribution is 0.0646. The first kappa shape index (κ1) is 14.9. The molecule has 0 spiro atoms. The second kappa shape index (κ2) is 6.01. The van der Waals surface area contributed by atoms with Crippen LogP contribution in [-0.4, -0.2) is 24.6 Å². The monoisotopic (exact) mass is 296 g/mol. The maximum Gasteiger partial charge on any atom is 0.132 e. The van der Waals surface area contributed by atoms with E-state index < -0.39 is 5.60 Å². The molecule has 1 saturated heterocycles. The Balaban J connectivity index is 1.94. The summed E-state index contributed by atoms with van der Waals surface area (Å²) in [4.78, 5) is 2.37. The molecule has 3 heteroatoms. The van der Waals surface area contributed by atoms with E-state index in [2.05, 4.69) is 24.1 Å². The summed E-state index contributed by atoms with van der Waals surface area (Å²) in [7, 11) is 0. The van der Waals surface area contributed by atoms with Gasteiger partial charge in [-0.15, -0.1) is 0 Å². The molecule has 0 aromatic heterocycles. The molecule has 2 aliphatic rings. The van der Waals surface area contributed by atoms with E-state index in [-0.39, 0.29) is 0 Å². The number of piperidine rings is 1. The molecule has 2 N–H and O–H groups in total. The normalized spacial score (nSPS) is 24.5. The predicted octanol–water partition coefficient (Wildman–Crippen LogP) is 3.69. The van der Waals surface area contributed by atoms with Crippen LogP contribution in [0.15, 0.2) is 49.6 Å². The number of anilines is 1. The molecule has 2 aliphatic heterocycles. The first-order valence-corrected chi connectivity index (χ1v) is 7.96.